The number of nitrogens with one attached hydrogen (secondary N) is 1. The number of rotatable bonds is 7. The van der Waals surface area contributed by atoms with E-state index >= 15 is 0 Å². The Morgan fingerprint density at radius 1 is 0.941 bits per heavy atom. The smallest absolute Gasteiger partial charge is 0.244 e. The highest BCUT2D eigenvalue weighted by atomic mass is 32.2. The first-order chi connectivity index (χ1) is 16.7. The summed E-state index contributed by atoms with van der Waals surface area (Å²) in [6.45, 7) is 0.557. The number of hydrogen-bond donors (Lipinski definition) is 1. The van der Waals surface area contributed by atoms with E-state index in [9.17, 15) is 9.59 Å². The quantitative estimate of drug-likeness (QED) is 0.348. The van der Waals surface area contributed by atoms with Gasteiger partial charge >= 0.3 is 0 Å². The van der Waals surface area contributed by atoms with Crippen LogP contribution in [-0.2, 0) is 9.59 Å². The molecule has 1 aromatic heterocycles. The number of nitrogens with zero attached hydrogens (tertiary/aromatic N) is 3. The van der Waals surface area contributed by atoms with Crippen molar-refractivity contribution in [2.45, 2.75) is 22.5 Å². The van der Waals surface area contributed by atoms with Gasteiger partial charge in [-0.1, -0.05) is 78.1 Å². The molecule has 34 heavy (non-hydrogen) atoms. The van der Waals surface area contributed by atoms with Gasteiger partial charge in [0.15, 0.2) is 0 Å². The molecule has 4 aromatic rings. The van der Waals surface area contributed by atoms with Gasteiger partial charge in [0.05, 0.1) is 0 Å². The Balaban J connectivity index is 1.30. The van der Waals surface area contributed by atoms with Crippen LogP contribution in [0.15, 0.2) is 95.9 Å². The molecule has 8 heteroatoms. The third kappa shape index (κ3) is 5.03. The van der Waals surface area contributed by atoms with Gasteiger partial charge in [-0.05, 0) is 29.8 Å². The predicted molar refractivity (Wildman–Crippen MR) is 136 cm³/mol. The molecular weight excluding hydrogens is 464 g/mol. The standard InChI is InChI=1S/C26H22N4O2S2/c31-22-16-19(17-30(22)20-12-6-2-7-13-20)25-28-29-26(34-25)27-24(32)23(18-10-4-1-5-11-18)33-21-14-8-3-9-15-21/h1-15,19,23H,16-17H2,(H,27,29,32). The van der Waals surface area contributed by atoms with E-state index in [1.807, 2.05) is 91.0 Å². The fraction of sp³-hybridized carbons (Fsp3) is 0.154. The minimum atomic E-state index is -0.433. The van der Waals surface area contributed by atoms with Gasteiger partial charge in [-0.15, -0.1) is 22.0 Å². The van der Waals surface area contributed by atoms with Crippen LogP contribution in [-0.4, -0.2) is 28.6 Å². The molecular formula is C26H22N4O2S2. The summed E-state index contributed by atoms with van der Waals surface area (Å²) in [6, 6.07) is 29.2. The lowest BCUT2D eigenvalue weighted by Gasteiger charge is -2.16. The molecule has 0 bridgehead atoms. The van der Waals surface area contributed by atoms with E-state index in [0.717, 1.165) is 21.2 Å². The molecule has 0 radical (unpaired) electrons. The summed E-state index contributed by atoms with van der Waals surface area (Å²) >= 11 is 2.83. The number of anilines is 2. The average Bonchev–Trinajstić information content (AvgIpc) is 3.50. The maximum Gasteiger partial charge on any atom is 0.244 e. The lowest BCUT2D eigenvalue weighted by molar-refractivity contribution is -0.117. The van der Waals surface area contributed by atoms with E-state index in [4.69, 9.17) is 0 Å². The molecule has 1 aliphatic rings. The van der Waals surface area contributed by atoms with Crippen LogP contribution in [0, 0.1) is 0 Å². The van der Waals surface area contributed by atoms with E-state index in [2.05, 4.69) is 15.5 Å². The summed E-state index contributed by atoms with van der Waals surface area (Å²) in [5, 5.41) is 12.2. The molecule has 6 nitrogen and oxygen atoms in total. The first-order valence-electron chi connectivity index (χ1n) is 10.9. The SMILES string of the molecule is O=C(Nc1nnc(C2CC(=O)N(c3ccccc3)C2)s1)C(Sc1ccccc1)c1ccccc1. The molecule has 0 saturated carbocycles. The monoisotopic (exact) mass is 486 g/mol. The van der Waals surface area contributed by atoms with Crippen molar-refractivity contribution in [3.05, 3.63) is 102 Å². The molecule has 2 heterocycles. The molecule has 0 aliphatic carbocycles. The average molecular weight is 487 g/mol. The van der Waals surface area contributed by atoms with Crippen LogP contribution < -0.4 is 10.2 Å². The van der Waals surface area contributed by atoms with Crippen LogP contribution >= 0.6 is 23.1 Å². The third-order valence-electron chi connectivity index (χ3n) is 5.55. The molecule has 1 fully saturated rings. The summed E-state index contributed by atoms with van der Waals surface area (Å²) in [5.74, 6) is -0.129. The van der Waals surface area contributed by atoms with Crippen LogP contribution in [0.1, 0.15) is 28.2 Å². The van der Waals surface area contributed by atoms with E-state index in [-0.39, 0.29) is 17.7 Å². The van der Waals surface area contributed by atoms with Gasteiger partial charge in [0.2, 0.25) is 16.9 Å². The fourth-order valence-electron chi connectivity index (χ4n) is 3.89. The lowest BCUT2D eigenvalue weighted by atomic mass is 10.1. The highest BCUT2D eigenvalue weighted by Crippen LogP contribution is 2.37. The molecule has 2 unspecified atom stereocenters. The van der Waals surface area contributed by atoms with E-state index in [1.165, 1.54) is 23.1 Å². The van der Waals surface area contributed by atoms with Gasteiger partial charge in [-0.3, -0.25) is 14.9 Å². The van der Waals surface area contributed by atoms with Gasteiger partial charge in [-0.2, -0.15) is 0 Å². The maximum atomic E-state index is 13.3. The van der Waals surface area contributed by atoms with Crippen molar-refractivity contribution in [1.82, 2.24) is 10.2 Å². The number of aromatic nitrogens is 2. The Morgan fingerprint density at radius 2 is 1.59 bits per heavy atom. The molecule has 3 aromatic carbocycles. The van der Waals surface area contributed by atoms with Gasteiger partial charge in [0.25, 0.3) is 0 Å². The minimum Gasteiger partial charge on any atom is -0.312 e. The number of benzene rings is 3. The van der Waals surface area contributed by atoms with Crippen LogP contribution in [0.5, 0.6) is 0 Å². The Morgan fingerprint density at radius 3 is 2.29 bits per heavy atom. The van der Waals surface area contributed by atoms with E-state index < -0.39 is 5.25 Å². The van der Waals surface area contributed by atoms with Crippen molar-refractivity contribution in [2.24, 2.45) is 0 Å². The first-order valence-corrected chi connectivity index (χ1v) is 12.6. The number of thioether (sulfide) groups is 1. The van der Waals surface area contributed by atoms with Crippen molar-refractivity contribution < 1.29 is 9.59 Å². The van der Waals surface area contributed by atoms with Crippen molar-refractivity contribution in [3.63, 3.8) is 0 Å². The summed E-state index contributed by atoms with van der Waals surface area (Å²) in [7, 11) is 0. The van der Waals surface area contributed by atoms with Crippen molar-refractivity contribution in [2.75, 3.05) is 16.8 Å². The van der Waals surface area contributed by atoms with Gasteiger partial charge < -0.3 is 4.90 Å². The van der Waals surface area contributed by atoms with Crippen LogP contribution in [0.25, 0.3) is 0 Å². The Bertz CT molecular complexity index is 1270. The third-order valence-corrected chi connectivity index (χ3v) is 7.82. The van der Waals surface area contributed by atoms with E-state index in [0.29, 0.717) is 18.1 Å². The van der Waals surface area contributed by atoms with Gasteiger partial charge in [0, 0.05) is 29.5 Å². The number of carbonyl (C=O) groups excluding carboxylic acids is 2. The van der Waals surface area contributed by atoms with Crippen LogP contribution in [0.3, 0.4) is 0 Å². The molecule has 5 rings (SSSR count). The largest absolute Gasteiger partial charge is 0.312 e. The zero-order chi connectivity index (χ0) is 23.3. The Labute approximate surface area is 206 Å². The highest BCUT2D eigenvalue weighted by Gasteiger charge is 2.34. The summed E-state index contributed by atoms with van der Waals surface area (Å²) < 4.78 is 0. The van der Waals surface area contributed by atoms with Crippen molar-refractivity contribution in [3.8, 4) is 0 Å². The number of para-hydroxylation sites is 1. The number of carbonyl (C=O) groups is 2. The summed E-state index contributed by atoms with van der Waals surface area (Å²) in [4.78, 5) is 28.6. The first kappa shape index (κ1) is 22.3. The maximum absolute atomic E-state index is 13.3. The molecule has 0 spiro atoms. The topological polar surface area (TPSA) is 75.2 Å². The van der Waals surface area contributed by atoms with Crippen LogP contribution in [0.2, 0.25) is 0 Å². The minimum absolute atomic E-state index is 0.0422. The molecule has 1 saturated heterocycles. The fourth-order valence-corrected chi connectivity index (χ4v) is 5.77. The number of hydrogen-bond acceptors (Lipinski definition) is 6. The lowest BCUT2D eigenvalue weighted by Crippen LogP contribution is -2.24. The Hall–Kier alpha value is -3.49. The molecule has 170 valence electrons. The normalized spacial score (nSPS) is 16.4. The molecule has 2 amide bonds. The summed E-state index contributed by atoms with van der Waals surface area (Å²) in [6.07, 6.45) is 0.383. The van der Waals surface area contributed by atoms with Crippen molar-refractivity contribution in [1.29, 1.82) is 0 Å². The van der Waals surface area contributed by atoms with Gasteiger partial charge in [0.1, 0.15) is 10.3 Å². The predicted octanol–water partition coefficient (Wildman–Crippen LogP) is 5.53. The van der Waals surface area contributed by atoms with Crippen LogP contribution in [0.4, 0.5) is 10.8 Å². The molecule has 1 N–H and O–H groups in total. The second-order valence-electron chi connectivity index (χ2n) is 7.90. The second kappa shape index (κ2) is 10.2. The highest BCUT2D eigenvalue weighted by molar-refractivity contribution is 8.00. The Kier molecular flexibility index (Phi) is 6.69. The number of amides is 2. The molecule has 2 atom stereocenters. The zero-order valence-corrected chi connectivity index (χ0v) is 19.8. The zero-order valence-electron chi connectivity index (χ0n) is 18.2. The summed E-state index contributed by atoms with van der Waals surface area (Å²) in [5.41, 5.74) is 1.80. The second-order valence-corrected chi connectivity index (χ2v) is 10.1. The van der Waals surface area contributed by atoms with E-state index in [1.54, 1.807) is 4.90 Å². The van der Waals surface area contributed by atoms with Crippen molar-refractivity contribution >= 4 is 45.7 Å². The molecule has 1 aliphatic heterocycles. The van der Waals surface area contributed by atoms with Gasteiger partial charge in [-0.25, -0.2) is 0 Å².